The first-order chi connectivity index (χ1) is 40.2. The second-order valence-corrected chi connectivity index (χ2v) is 21.3. The van der Waals surface area contributed by atoms with Crippen LogP contribution >= 0.6 is 47.8 Å². The third-order valence-electron chi connectivity index (χ3n) is 11.4. The van der Waals surface area contributed by atoms with Crippen molar-refractivity contribution in [2.75, 3.05) is 18.5 Å². The van der Waals surface area contributed by atoms with Gasteiger partial charge in [0.05, 0.1) is 69.6 Å². The number of halogens is 12. The number of nitrogens with two attached hydrogens (primary N) is 1. The van der Waals surface area contributed by atoms with Crippen LogP contribution in [0.3, 0.4) is 0 Å². The van der Waals surface area contributed by atoms with Gasteiger partial charge in [-0.1, -0.05) is 40.2 Å². The fourth-order valence-corrected chi connectivity index (χ4v) is 9.19. The number of amides is 1. The maximum atomic E-state index is 15.2. The summed E-state index contributed by atoms with van der Waals surface area (Å²) in [6.45, 7) is 6.97. The maximum Gasteiger partial charge on any atom is 0.310 e. The zero-order valence-corrected chi connectivity index (χ0v) is 50.3. The van der Waals surface area contributed by atoms with E-state index in [9.17, 15) is 53.7 Å². The minimum absolute atomic E-state index is 0.00134. The number of hydrogen-bond donors (Lipinski definition) is 2. The highest BCUT2D eigenvalue weighted by Gasteiger charge is 2.23. The number of anilines is 1. The number of nitrogens with one attached hydrogen (secondary N) is 1. The van der Waals surface area contributed by atoms with E-state index in [0.717, 1.165) is 30.3 Å². The number of ether oxygens (including phenoxy) is 5. The maximum absolute atomic E-state index is 15.2. The number of rotatable bonds is 19. The quantitative estimate of drug-likeness (QED) is 0.0576. The molecule has 0 heterocycles. The normalized spacial score (nSPS) is 11.1. The van der Waals surface area contributed by atoms with Crippen LogP contribution in [0.1, 0.15) is 88.8 Å². The van der Waals surface area contributed by atoms with Crippen molar-refractivity contribution in [3.63, 3.8) is 0 Å². The first kappa shape index (κ1) is 68.0. The molecule has 0 saturated carbocycles. The zero-order valence-electron chi connectivity index (χ0n) is 44.7. The predicted octanol–water partition coefficient (Wildman–Crippen LogP) is 16.7. The van der Waals surface area contributed by atoms with Gasteiger partial charge in [-0.25, -0.2) is 48.9 Å². The summed E-state index contributed by atoms with van der Waals surface area (Å²) in [6.07, 6.45) is -9.22. The van der Waals surface area contributed by atoms with Crippen LogP contribution < -0.4 is 24.7 Å². The van der Waals surface area contributed by atoms with Gasteiger partial charge in [0.25, 0.3) is 19.3 Å². The Kier molecular flexibility index (Phi) is 25.6. The zero-order chi connectivity index (χ0) is 62.8. The topological polar surface area (TPSA) is 200 Å². The predicted molar refractivity (Wildman–Crippen MR) is 306 cm³/mol. The van der Waals surface area contributed by atoms with Gasteiger partial charge < -0.3 is 29.0 Å². The Hall–Kier alpha value is -7.75. The molecule has 3 N–H and O–H groups in total. The fourth-order valence-electron chi connectivity index (χ4n) is 7.43. The molecule has 85 heavy (non-hydrogen) atoms. The number of carbonyl (C=O) groups is 3. The van der Waals surface area contributed by atoms with E-state index in [1.807, 2.05) is 0 Å². The summed E-state index contributed by atoms with van der Waals surface area (Å²) in [4.78, 5) is 36.0. The average Bonchev–Trinajstić information content (AvgIpc) is 3.26. The summed E-state index contributed by atoms with van der Waals surface area (Å²) >= 11 is 9.41. The second-order valence-electron chi connectivity index (χ2n) is 17.6. The van der Waals surface area contributed by atoms with E-state index in [-0.39, 0.29) is 109 Å². The van der Waals surface area contributed by atoms with Gasteiger partial charge in [0.1, 0.15) is 28.2 Å². The van der Waals surface area contributed by atoms with E-state index in [1.165, 1.54) is 60.7 Å². The molecule has 1 unspecified atom stereocenters. The highest BCUT2D eigenvalue weighted by atomic mass is 79.9. The van der Waals surface area contributed by atoms with Gasteiger partial charge in [-0.2, -0.15) is 10.5 Å². The highest BCUT2D eigenvalue weighted by molar-refractivity contribution is 9.11. The van der Waals surface area contributed by atoms with Gasteiger partial charge in [0.2, 0.25) is 5.91 Å². The number of hydrogen-bond acceptors (Lipinski definition) is 11. The molecule has 0 radical (unpaired) electrons. The Morgan fingerprint density at radius 1 is 0.553 bits per heavy atom. The summed E-state index contributed by atoms with van der Waals surface area (Å²) in [6, 6.07) is 27.3. The Bertz CT molecular complexity index is 3720. The SMILES string of the molecule is CCOC(=O)Cc1ccc(Br)c(Oc2cc(C#N)cc(C(F)F)c2)c1F.CCOC(=O)Cc1ccc(C)c(Oc2cc(Br)cc(C(F)F)c2)c1F.Cc1cc(S(N)=O)ccc1NC(=O)Cc1ccc(Br)c(Oc2cc(C#N)cc(C(F)F)c2)c1F. The molecule has 26 heteroatoms. The Labute approximate surface area is 508 Å². The molecule has 0 bridgehead atoms. The summed E-state index contributed by atoms with van der Waals surface area (Å²) in [5.74, 6) is -4.99. The van der Waals surface area contributed by atoms with Crippen LogP contribution in [0.2, 0.25) is 0 Å². The molecule has 0 saturated heterocycles. The molecular formula is C59H46Br3F9N4O9S. The van der Waals surface area contributed by atoms with Crippen molar-refractivity contribution in [3.8, 4) is 46.6 Å². The molecular weight excluding hydrogens is 1350 g/mol. The van der Waals surface area contributed by atoms with Crippen LogP contribution in [0, 0.1) is 54.0 Å². The fraction of sp³-hybridized carbons (Fsp3) is 0.203. The van der Waals surface area contributed by atoms with Crippen LogP contribution in [-0.2, 0) is 54.1 Å². The number of esters is 2. The van der Waals surface area contributed by atoms with Gasteiger partial charge in [-0.05, 0) is 156 Å². The van der Waals surface area contributed by atoms with Gasteiger partial charge in [-0.15, -0.1) is 0 Å². The first-order valence-corrected chi connectivity index (χ1v) is 28.2. The minimum atomic E-state index is -2.85. The van der Waals surface area contributed by atoms with Crippen molar-refractivity contribution in [3.05, 3.63) is 196 Å². The number of benzene rings is 7. The Morgan fingerprint density at radius 3 is 1.39 bits per heavy atom. The summed E-state index contributed by atoms with van der Waals surface area (Å²) in [5.41, 5.74) is 0.469. The molecule has 0 spiro atoms. The molecule has 7 aromatic rings. The van der Waals surface area contributed by atoms with Crippen LogP contribution in [0.25, 0.3) is 0 Å². The smallest absolute Gasteiger partial charge is 0.310 e. The van der Waals surface area contributed by atoms with Crippen molar-refractivity contribution in [1.29, 1.82) is 10.5 Å². The number of aryl methyl sites for hydroxylation is 2. The largest absolute Gasteiger partial charge is 0.466 e. The number of alkyl halides is 6. The van der Waals surface area contributed by atoms with Gasteiger partial charge in [0.15, 0.2) is 34.7 Å². The number of carbonyl (C=O) groups excluding carboxylic acids is 3. The van der Waals surface area contributed by atoms with Gasteiger partial charge >= 0.3 is 11.9 Å². The molecule has 446 valence electrons. The van der Waals surface area contributed by atoms with E-state index in [4.69, 9.17) is 39.3 Å². The van der Waals surface area contributed by atoms with Crippen molar-refractivity contribution in [2.45, 2.75) is 71.1 Å². The lowest BCUT2D eigenvalue weighted by Crippen LogP contribution is -2.16. The summed E-state index contributed by atoms with van der Waals surface area (Å²) < 4.78 is 161. The third kappa shape index (κ3) is 19.7. The average molecular weight is 1400 g/mol. The molecule has 0 aliphatic rings. The lowest BCUT2D eigenvalue weighted by atomic mass is 10.1. The van der Waals surface area contributed by atoms with E-state index in [0.29, 0.717) is 26.2 Å². The Balaban J connectivity index is 0.000000237. The molecule has 1 atom stereocenters. The molecule has 13 nitrogen and oxygen atoms in total. The summed E-state index contributed by atoms with van der Waals surface area (Å²) in [5, 5.41) is 26.0. The molecule has 7 aromatic carbocycles. The first-order valence-electron chi connectivity index (χ1n) is 24.6. The third-order valence-corrected chi connectivity index (χ3v) is 13.8. The van der Waals surface area contributed by atoms with Crippen molar-refractivity contribution in [1.82, 2.24) is 0 Å². The minimum Gasteiger partial charge on any atom is -0.466 e. The molecule has 0 aliphatic heterocycles. The van der Waals surface area contributed by atoms with Crippen LogP contribution in [0.5, 0.6) is 34.5 Å². The standard InChI is InChI=1S/C23H17BrF3N3O3S.C18H13BrF3NO3.C18H16BrF3O3/c1-12-6-17(34(29)32)3-5-19(12)30-20(31)10-14-2-4-18(24)22(21(14)25)33-16-8-13(11-28)7-15(9-16)23(26)27;1-2-25-15(24)8-11-3-4-14(19)17(16(11)20)26-13-6-10(9-23)5-12(7-13)18(21)22;1-3-24-15(23)8-11-5-4-10(2)17(16(11)20)25-14-7-12(18(21)22)6-13(19)9-14/h2-9,23H,10,29H2,1H3,(H,30,31);3-7,18H,2,8H2,1H3;4-7,9,18H,3,8H2,1-2H3. The lowest BCUT2D eigenvalue weighted by Gasteiger charge is -2.14. The van der Waals surface area contributed by atoms with Crippen molar-refractivity contribution >= 4 is 82.3 Å². The monoisotopic (exact) mass is 1390 g/mol. The van der Waals surface area contributed by atoms with E-state index in [2.05, 4.69) is 53.1 Å². The molecule has 0 aromatic heterocycles. The van der Waals surface area contributed by atoms with Crippen molar-refractivity contribution in [2.24, 2.45) is 5.14 Å². The van der Waals surface area contributed by atoms with E-state index < -0.39 is 76.7 Å². The molecule has 0 fully saturated rings. The molecule has 1 amide bonds. The molecule has 0 aliphatic carbocycles. The van der Waals surface area contributed by atoms with Gasteiger partial charge in [-0.3, -0.25) is 14.4 Å². The second kappa shape index (κ2) is 31.9. The van der Waals surface area contributed by atoms with E-state index in [1.54, 1.807) is 58.0 Å². The van der Waals surface area contributed by atoms with Crippen LogP contribution in [0.4, 0.5) is 45.2 Å². The van der Waals surface area contributed by atoms with Crippen LogP contribution in [0.15, 0.2) is 128 Å². The van der Waals surface area contributed by atoms with Crippen LogP contribution in [-0.4, -0.2) is 35.3 Å². The van der Waals surface area contributed by atoms with E-state index >= 15 is 4.39 Å². The Morgan fingerprint density at radius 2 is 0.965 bits per heavy atom. The van der Waals surface area contributed by atoms with Crippen molar-refractivity contribution < 1.29 is 81.8 Å². The lowest BCUT2D eigenvalue weighted by molar-refractivity contribution is -0.143. The highest BCUT2D eigenvalue weighted by Crippen LogP contribution is 2.39. The number of nitriles is 2. The number of nitrogens with zero attached hydrogens (tertiary/aromatic N) is 2. The summed E-state index contributed by atoms with van der Waals surface area (Å²) in [7, 11) is -1.66. The van der Waals surface area contributed by atoms with Gasteiger partial charge in [0, 0.05) is 43.5 Å². The molecule has 7 rings (SSSR count).